The molecule has 0 radical (unpaired) electrons. The number of aryl methyl sites for hydroxylation is 1. The zero-order valence-corrected chi connectivity index (χ0v) is 11.0. The fourth-order valence-electron chi connectivity index (χ4n) is 2.12. The molecule has 2 nitrogen and oxygen atoms in total. The summed E-state index contributed by atoms with van der Waals surface area (Å²) in [6.45, 7) is 3.24. The van der Waals surface area contributed by atoms with E-state index in [0.717, 1.165) is 25.1 Å². The minimum Gasteiger partial charge on any atom is -0.373 e. The Hall–Kier alpha value is -0.800. The van der Waals surface area contributed by atoms with Gasteiger partial charge in [-0.3, -0.25) is 0 Å². The van der Waals surface area contributed by atoms with Gasteiger partial charge in [-0.1, -0.05) is 11.6 Å². The van der Waals surface area contributed by atoms with Gasteiger partial charge in [0.05, 0.1) is 10.7 Å². The summed E-state index contributed by atoms with van der Waals surface area (Å²) in [5.74, 6) is -0.214. The molecular formula is C13H18ClFN2. The van der Waals surface area contributed by atoms with Crippen LogP contribution in [0, 0.1) is 18.2 Å². The van der Waals surface area contributed by atoms with Crippen molar-refractivity contribution in [1.29, 1.82) is 0 Å². The van der Waals surface area contributed by atoms with Crippen LogP contribution < -0.4 is 10.6 Å². The topological polar surface area (TPSA) is 29.3 Å². The van der Waals surface area contributed by atoms with E-state index < -0.39 is 0 Å². The molecule has 1 fully saturated rings. The van der Waals surface area contributed by atoms with E-state index in [1.807, 2.05) is 11.9 Å². The molecule has 0 spiro atoms. The molecule has 2 N–H and O–H groups in total. The maximum Gasteiger partial charge on any atom is 0.128 e. The van der Waals surface area contributed by atoms with E-state index in [-0.39, 0.29) is 11.2 Å². The van der Waals surface area contributed by atoms with E-state index in [4.69, 9.17) is 17.3 Å². The molecule has 4 heteroatoms. The molecular weight excluding hydrogens is 239 g/mol. The van der Waals surface area contributed by atoms with Crippen LogP contribution in [0.25, 0.3) is 0 Å². The summed E-state index contributed by atoms with van der Waals surface area (Å²) in [4.78, 5) is 2.00. The van der Waals surface area contributed by atoms with Gasteiger partial charge in [0.15, 0.2) is 0 Å². The molecule has 0 amide bonds. The summed E-state index contributed by atoms with van der Waals surface area (Å²) in [7, 11) is 1.94. The van der Waals surface area contributed by atoms with Crippen LogP contribution in [-0.2, 0) is 0 Å². The maximum absolute atomic E-state index is 13.5. The number of nitrogens with zero attached hydrogens (tertiary/aromatic N) is 1. The molecule has 1 saturated carbocycles. The first-order valence-electron chi connectivity index (χ1n) is 5.84. The molecule has 0 unspecified atom stereocenters. The highest BCUT2D eigenvalue weighted by Gasteiger charge is 2.42. The Labute approximate surface area is 107 Å². The lowest BCUT2D eigenvalue weighted by atomic mass is 10.1. The summed E-state index contributed by atoms with van der Waals surface area (Å²) in [5.41, 5.74) is 7.30. The number of rotatable bonds is 4. The molecule has 2 rings (SSSR count). The minimum atomic E-state index is -0.214. The van der Waals surface area contributed by atoms with Crippen molar-refractivity contribution in [3.8, 4) is 0 Å². The van der Waals surface area contributed by atoms with Crippen molar-refractivity contribution in [2.45, 2.75) is 19.8 Å². The number of halogens is 2. The third-order valence-electron chi connectivity index (χ3n) is 3.60. The normalized spacial score (nSPS) is 17.0. The van der Waals surface area contributed by atoms with Crippen LogP contribution in [0.4, 0.5) is 10.1 Å². The first-order valence-corrected chi connectivity index (χ1v) is 6.22. The Morgan fingerprint density at radius 2 is 2.12 bits per heavy atom. The molecule has 1 aromatic carbocycles. The average molecular weight is 257 g/mol. The van der Waals surface area contributed by atoms with E-state index >= 15 is 0 Å². The van der Waals surface area contributed by atoms with E-state index in [0.29, 0.717) is 17.1 Å². The van der Waals surface area contributed by atoms with Gasteiger partial charge in [0.25, 0.3) is 0 Å². The molecule has 1 aliphatic rings. The standard InChI is InChI=1S/C13H18ClFN2/c1-9-5-10(14)12(6-11(9)15)17(2)8-13(7-16)3-4-13/h5-6H,3-4,7-8,16H2,1-2H3. The first kappa shape index (κ1) is 12.7. The zero-order chi connectivity index (χ0) is 12.6. The Morgan fingerprint density at radius 3 is 2.65 bits per heavy atom. The van der Waals surface area contributed by atoms with Gasteiger partial charge in [-0.15, -0.1) is 0 Å². The summed E-state index contributed by atoms with van der Waals surface area (Å²) in [6.07, 6.45) is 2.31. The molecule has 0 atom stereocenters. The van der Waals surface area contributed by atoms with Gasteiger partial charge < -0.3 is 10.6 Å². The van der Waals surface area contributed by atoms with Gasteiger partial charge in [0, 0.05) is 19.0 Å². The number of anilines is 1. The molecule has 1 aliphatic carbocycles. The average Bonchev–Trinajstić information content (AvgIpc) is 3.04. The van der Waals surface area contributed by atoms with Crippen LogP contribution >= 0.6 is 11.6 Å². The lowest BCUT2D eigenvalue weighted by Crippen LogP contribution is -2.31. The molecule has 94 valence electrons. The van der Waals surface area contributed by atoms with Gasteiger partial charge in [0.2, 0.25) is 0 Å². The Kier molecular flexibility index (Phi) is 3.32. The molecule has 0 bridgehead atoms. The zero-order valence-electron chi connectivity index (χ0n) is 10.3. The van der Waals surface area contributed by atoms with Crippen molar-refractivity contribution in [3.05, 3.63) is 28.5 Å². The van der Waals surface area contributed by atoms with E-state index in [9.17, 15) is 4.39 Å². The Bertz CT molecular complexity index is 430. The summed E-state index contributed by atoms with van der Waals surface area (Å²) in [5, 5.41) is 0.597. The molecule has 0 saturated heterocycles. The highest BCUT2D eigenvalue weighted by Crippen LogP contribution is 2.46. The molecule has 1 aromatic rings. The molecule has 17 heavy (non-hydrogen) atoms. The molecule has 0 aliphatic heterocycles. The maximum atomic E-state index is 13.5. The SMILES string of the molecule is Cc1cc(Cl)c(N(C)CC2(CN)CC2)cc1F. The van der Waals surface area contributed by atoms with Crippen LogP contribution in [0.5, 0.6) is 0 Å². The second-order valence-corrected chi connectivity index (χ2v) is 5.52. The minimum absolute atomic E-state index is 0.214. The van der Waals surface area contributed by atoms with E-state index in [2.05, 4.69) is 0 Å². The summed E-state index contributed by atoms with van der Waals surface area (Å²) >= 11 is 6.15. The number of hydrogen-bond donors (Lipinski definition) is 1. The molecule has 0 aromatic heterocycles. The van der Waals surface area contributed by atoms with Gasteiger partial charge in [-0.05, 0) is 44.0 Å². The fourth-order valence-corrected chi connectivity index (χ4v) is 2.48. The largest absolute Gasteiger partial charge is 0.373 e. The van der Waals surface area contributed by atoms with Crippen molar-refractivity contribution in [2.24, 2.45) is 11.1 Å². The summed E-state index contributed by atoms with van der Waals surface area (Å²) in [6, 6.07) is 3.18. The van der Waals surface area contributed by atoms with Gasteiger partial charge in [-0.25, -0.2) is 4.39 Å². The monoisotopic (exact) mass is 256 g/mol. The third-order valence-corrected chi connectivity index (χ3v) is 3.90. The Balaban J connectivity index is 2.19. The van der Waals surface area contributed by atoms with E-state index in [1.54, 1.807) is 13.0 Å². The molecule has 0 heterocycles. The van der Waals surface area contributed by atoms with Crippen LogP contribution in [-0.4, -0.2) is 20.1 Å². The number of nitrogens with two attached hydrogens (primary N) is 1. The fraction of sp³-hybridized carbons (Fsp3) is 0.538. The first-order chi connectivity index (χ1) is 7.97. The number of hydrogen-bond acceptors (Lipinski definition) is 2. The predicted octanol–water partition coefficient (Wildman–Crippen LogP) is 2.96. The van der Waals surface area contributed by atoms with Crippen LogP contribution in [0.2, 0.25) is 5.02 Å². The van der Waals surface area contributed by atoms with Crippen molar-refractivity contribution >= 4 is 17.3 Å². The van der Waals surface area contributed by atoms with Crippen LogP contribution in [0.3, 0.4) is 0 Å². The Morgan fingerprint density at radius 1 is 1.47 bits per heavy atom. The van der Waals surface area contributed by atoms with Gasteiger partial charge >= 0.3 is 0 Å². The third kappa shape index (κ3) is 2.55. The predicted molar refractivity (Wildman–Crippen MR) is 70.1 cm³/mol. The second-order valence-electron chi connectivity index (χ2n) is 5.11. The van der Waals surface area contributed by atoms with Crippen LogP contribution in [0.1, 0.15) is 18.4 Å². The van der Waals surface area contributed by atoms with Crippen molar-refractivity contribution in [2.75, 3.05) is 25.0 Å². The highest BCUT2D eigenvalue weighted by atomic mass is 35.5. The number of benzene rings is 1. The van der Waals surface area contributed by atoms with Crippen molar-refractivity contribution in [1.82, 2.24) is 0 Å². The lowest BCUT2D eigenvalue weighted by Gasteiger charge is -2.25. The second kappa shape index (κ2) is 4.46. The van der Waals surface area contributed by atoms with E-state index in [1.165, 1.54) is 6.07 Å². The quantitative estimate of drug-likeness (QED) is 0.898. The van der Waals surface area contributed by atoms with Gasteiger partial charge in [0.1, 0.15) is 5.82 Å². The summed E-state index contributed by atoms with van der Waals surface area (Å²) < 4.78 is 13.5. The highest BCUT2D eigenvalue weighted by molar-refractivity contribution is 6.33. The lowest BCUT2D eigenvalue weighted by molar-refractivity contribution is 0.522. The van der Waals surface area contributed by atoms with Gasteiger partial charge in [-0.2, -0.15) is 0 Å². The van der Waals surface area contributed by atoms with Crippen molar-refractivity contribution in [3.63, 3.8) is 0 Å². The smallest absolute Gasteiger partial charge is 0.128 e. The van der Waals surface area contributed by atoms with Crippen molar-refractivity contribution < 1.29 is 4.39 Å². The van der Waals surface area contributed by atoms with Crippen LogP contribution in [0.15, 0.2) is 12.1 Å².